The Morgan fingerprint density at radius 1 is 1.71 bits per heavy atom. The van der Waals surface area contributed by atoms with Gasteiger partial charge in [0.25, 0.3) is 0 Å². The van der Waals surface area contributed by atoms with Crippen LogP contribution in [0.4, 0.5) is 5.82 Å². The number of hydrogen-bond acceptors (Lipinski definition) is 3. The van der Waals surface area contributed by atoms with Crippen LogP contribution in [0.5, 0.6) is 0 Å². The molecule has 5 heteroatoms. The van der Waals surface area contributed by atoms with E-state index < -0.39 is 5.97 Å². The van der Waals surface area contributed by atoms with Gasteiger partial charge in [0.05, 0.1) is 12.1 Å². The minimum absolute atomic E-state index is 0.232. The van der Waals surface area contributed by atoms with E-state index in [9.17, 15) is 4.79 Å². The van der Waals surface area contributed by atoms with Crippen LogP contribution in [-0.4, -0.2) is 33.9 Å². The molecule has 2 heterocycles. The molecule has 5 nitrogen and oxygen atoms in total. The normalized spacial score (nSPS) is 21.5. The van der Waals surface area contributed by atoms with Crippen LogP contribution in [0.25, 0.3) is 0 Å². The highest BCUT2D eigenvalue weighted by molar-refractivity contribution is 5.71. The molecule has 1 aromatic rings. The summed E-state index contributed by atoms with van der Waals surface area (Å²) in [4.78, 5) is 12.8. The third-order valence-electron chi connectivity index (χ3n) is 2.66. The summed E-state index contributed by atoms with van der Waals surface area (Å²) < 4.78 is 1.77. The van der Waals surface area contributed by atoms with E-state index in [1.807, 2.05) is 13.1 Å². The van der Waals surface area contributed by atoms with E-state index in [2.05, 4.69) is 10.00 Å². The first-order valence-electron chi connectivity index (χ1n) is 4.64. The summed E-state index contributed by atoms with van der Waals surface area (Å²) in [7, 11) is 1.86. The monoisotopic (exact) mass is 195 g/mol. The zero-order valence-corrected chi connectivity index (χ0v) is 8.05. The van der Waals surface area contributed by atoms with E-state index >= 15 is 0 Å². The lowest BCUT2D eigenvalue weighted by Crippen LogP contribution is -2.24. The number of aromatic nitrogens is 2. The highest BCUT2D eigenvalue weighted by Crippen LogP contribution is 2.22. The number of hydrogen-bond donors (Lipinski definition) is 1. The Kier molecular flexibility index (Phi) is 2.15. The highest BCUT2D eigenvalue weighted by atomic mass is 16.4. The molecule has 0 amide bonds. The van der Waals surface area contributed by atoms with Gasteiger partial charge in [-0.2, -0.15) is 5.10 Å². The van der Waals surface area contributed by atoms with Crippen LogP contribution in [0.3, 0.4) is 0 Å². The predicted molar refractivity (Wildman–Crippen MR) is 51.2 cm³/mol. The molecule has 0 radical (unpaired) electrons. The summed E-state index contributed by atoms with van der Waals surface area (Å²) in [6, 6.07) is 1.91. The minimum Gasteiger partial charge on any atom is -0.481 e. The summed E-state index contributed by atoms with van der Waals surface area (Å²) in [6.07, 6.45) is 2.45. The molecule has 1 saturated heterocycles. The Balaban J connectivity index is 2.10. The van der Waals surface area contributed by atoms with Gasteiger partial charge in [-0.05, 0) is 6.42 Å². The fourth-order valence-corrected chi connectivity index (χ4v) is 1.85. The second-order valence-corrected chi connectivity index (χ2v) is 3.58. The lowest BCUT2D eigenvalue weighted by atomic mass is 10.1. The Bertz CT molecular complexity index is 348. The van der Waals surface area contributed by atoms with Crippen molar-refractivity contribution in [3.8, 4) is 0 Å². The molecule has 76 valence electrons. The molecule has 1 atom stereocenters. The summed E-state index contributed by atoms with van der Waals surface area (Å²) >= 11 is 0. The zero-order valence-electron chi connectivity index (χ0n) is 8.05. The summed E-state index contributed by atoms with van der Waals surface area (Å²) in [6.45, 7) is 1.39. The van der Waals surface area contributed by atoms with Crippen LogP contribution in [0.15, 0.2) is 12.3 Å². The average Bonchev–Trinajstić information content (AvgIpc) is 2.71. The fraction of sp³-hybridized carbons (Fsp3) is 0.556. The predicted octanol–water partition coefficient (Wildman–Crippen LogP) is 0.331. The van der Waals surface area contributed by atoms with Gasteiger partial charge in [0.2, 0.25) is 0 Å². The van der Waals surface area contributed by atoms with Gasteiger partial charge in [-0.15, -0.1) is 0 Å². The van der Waals surface area contributed by atoms with Crippen LogP contribution in [-0.2, 0) is 11.8 Å². The number of anilines is 1. The van der Waals surface area contributed by atoms with E-state index in [4.69, 9.17) is 5.11 Å². The molecule has 1 aromatic heterocycles. The van der Waals surface area contributed by atoms with Gasteiger partial charge in [-0.25, -0.2) is 0 Å². The van der Waals surface area contributed by atoms with E-state index in [-0.39, 0.29) is 5.92 Å². The molecule has 2 rings (SSSR count). The van der Waals surface area contributed by atoms with Gasteiger partial charge in [0, 0.05) is 26.2 Å². The van der Waals surface area contributed by atoms with Crippen LogP contribution in [0.2, 0.25) is 0 Å². The Labute approximate surface area is 81.9 Å². The Hall–Kier alpha value is -1.52. The molecule has 0 spiro atoms. The van der Waals surface area contributed by atoms with Crippen LogP contribution < -0.4 is 4.90 Å². The molecule has 1 unspecified atom stereocenters. The van der Waals surface area contributed by atoms with Crippen molar-refractivity contribution in [1.82, 2.24) is 9.78 Å². The maximum Gasteiger partial charge on any atom is 0.308 e. The van der Waals surface area contributed by atoms with Crippen molar-refractivity contribution in [2.45, 2.75) is 6.42 Å². The van der Waals surface area contributed by atoms with Crippen molar-refractivity contribution in [3.63, 3.8) is 0 Å². The molecule has 1 fully saturated rings. The van der Waals surface area contributed by atoms with E-state index in [1.54, 1.807) is 10.9 Å². The first-order chi connectivity index (χ1) is 6.68. The van der Waals surface area contributed by atoms with Crippen molar-refractivity contribution < 1.29 is 9.90 Å². The van der Waals surface area contributed by atoms with Crippen LogP contribution in [0.1, 0.15) is 6.42 Å². The van der Waals surface area contributed by atoms with Crippen molar-refractivity contribution in [2.75, 3.05) is 18.0 Å². The average molecular weight is 195 g/mol. The lowest BCUT2D eigenvalue weighted by Gasteiger charge is -2.17. The number of nitrogens with zero attached hydrogens (tertiary/aromatic N) is 3. The maximum absolute atomic E-state index is 10.8. The minimum atomic E-state index is -0.699. The molecule has 0 saturated carbocycles. The molecular weight excluding hydrogens is 182 g/mol. The maximum atomic E-state index is 10.8. The summed E-state index contributed by atoms with van der Waals surface area (Å²) in [5.74, 6) is 0.0633. The number of aliphatic carboxylic acids is 1. The second-order valence-electron chi connectivity index (χ2n) is 3.58. The Morgan fingerprint density at radius 2 is 2.50 bits per heavy atom. The molecule has 1 N–H and O–H groups in total. The molecule has 0 aliphatic carbocycles. The number of carboxylic acid groups (broad SMARTS) is 1. The van der Waals surface area contributed by atoms with Gasteiger partial charge < -0.3 is 10.0 Å². The van der Waals surface area contributed by atoms with Crippen molar-refractivity contribution in [1.29, 1.82) is 0 Å². The van der Waals surface area contributed by atoms with Crippen molar-refractivity contribution in [3.05, 3.63) is 12.3 Å². The third kappa shape index (κ3) is 1.45. The number of carbonyl (C=O) groups is 1. The third-order valence-corrected chi connectivity index (χ3v) is 2.66. The number of rotatable bonds is 2. The Morgan fingerprint density at radius 3 is 3.00 bits per heavy atom. The largest absolute Gasteiger partial charge is 0.481 e. The van der Waals surface area contributed by atoms with E-state index in [0.717, 1.165) is 18.8 Å². The van der Waals surface area contributed by atoms with Crippen molar-refractivity contribution >= 4 is 11.8 Å². The SMILES string of the molecule is Cn1nccc1N1CCC(C(=O)O)C1. The molecule has 0 bridgehead atoms. The first-order valence-corrected chi connectivity index (χ1v) is 4.64. The van der Waals surface area contributed by atoms with E-state index in [1.165, 1.54) is 0 Å². The standard InChI is InChI=1S/C9H13N3O2/c1-11-8(2-4-10-11)12-5-3-7(6-12)9(13)14/h2,4,7H,3,5-6H2,1H3,(H,13,14). The van der Waals surface area contributed by atoms with Gasteiger partial charge in [0.1, 0.15) is 5.82 Å². The van der Waals surface area contributed by atoms with Crippen molar-refractivity contribution in [2.24, 2.45) is 13.0 Å². The topological polar surface area (TPSA) is 58.4 Å². The summed E-state index contributed by atoms with van der Waals surface area (Å²) in [5.41, 5.74) is 0. The second kappa shape index (κ2) is 3.32. The molecular formula is C9H13N3O2. The molecule has 0 aromatic carbocycles. The fourth-order valence-electron chi connectivity index (χ4n) is 1.85. The number of aryl methyl sites for hydroxylation is 1. The van der Waals surface area contributed by atoms with Crippen LogP contribution >= 0.6 is 0 Å². The van der Waals surface area contributed by atoms with Gasteiger partial charge in [-0.1, -0.05) is 0 Å². The lowest BCUT2D eigenvalue weighted by molar-refractivity contribution is -0.140. The first kappa shape index (κ1) is 9.05. The molecule has 1 aliphatic rings. The highest BCUT2D eigenvalue weighted by Gasteiger charge is 2.29. The van der Waals surface area contributed by atoms with Gasteiger partial charge in [-0.3, -0.25) is 9.48 Å². The smallest absolute Gasteiger partial charge is 0.308 e. The van der Waals surface area contributed by atoms with Gasteiger partial charge >= 0.3 is 5.97 Å². The number of carboxylic acids is 1. The summed E-state index contributed by atoms with van der Waals surface area (Å²) in [5, 5.41) is 12.9. The zero-order chi connectivity index (χ0) is 10.1. The molecule has 14 heavy (non-hydrogen) atoms. The van der Waals surface area contributed by atoms with Crippen LogP contribution in [0, 0.1) is 5.92 Å². The molecule has 1 aliphatic heterocycles. The van der Waals surface area contributed by atoms with Gasteiger partial charge in [0.15, 0.2) is 0 Å². The quantitative estimate of drug-likeness (QED) is 0.738. The van der Waals surface area contributed by atoms with E-state index in [0.29, 0.717) is 6.54 Å².